The standard InChI is InChI=1S/C14H19N3O/c1-5-11(6-2)13(7-3)18-14-8-10(4)12(17-15)9-16-14/h5,7-9,17H,1,3,6,15H2,2,4H3/b13-11-. The number of hydrogen-bond donors (Lipinski definition) is 2. The fraction of sp³-hybridized carbons (Fsp3) is 0.214. The fourth-order valence-electron chi connectivity index (χ4n) is 1.51. The van der Waals surface area contributed by atoms with Crippen LogP contribution in [0.3, 0.4) is 0 Å². The molecule has 0 saturated carbocycles. The highest BCUT2D eigenvalue weighted by atomic mass is 16.5. The van der Waals surface area contributed by atoms with Gasteiger partial charge in [0, 0.05) is 6.07 Å². The van der Waals surface area contributed by atoms with E-state index in [4.69, 9.17) is 10.6 Å². The number of pyridine rings is 1. The van der Waals surface area contributed by atoms with Crippen molar-refractivity contribution >= 4 is 5.69 Å². The number of ether oxygens (including phenoxy) is 1. The second-order valence-corrected chi connectivity index (χ2v) is 3.74. The summed E-state index contributed by atoms with van der Waals surface area (Å²) in [6.45, 7) is 11.5. The maximum Gasteiger partial charge on any atom is 0.219 e. The Labute approximate surface area is 108 Å². The molecule has 1 aromatic rings. The van der Waals surface area contributed by atoms with Crippen molar-refractivity contribution in [3.63, 3.8) is 0 Å². The highest BCUT2D eigenvalue weighted by molar-refractivity contribution is 5.49. The molecule has 3 N–H and O–H groups in total. The highest BCUT2D eigenvalue weighted by Gasteiger charge is 2.05. The van der Waals surface area contributed by atoms with Gasteiger partial charge in [-0.1, -0.05) is 26.2 Å². The first-order chi connectivity index (χ1) is 8.65. The largest absolute Gasteiger partial charge is 0.439 e. The van der Waals surface area contributed by atoms with Gasteiger partial charge in [-0.2, -0.15) is 0 Å². The number of nitrogens with zero attached hydrogens (tertiary/aromatic N) is 1. The van der Waals surface area contributed by atoms with Crippen LogP contribution in [0, 0.1) is 6.92 Å². The maximum absolute atomic E-state index is 5.70. The second-order valence-electron chi connectivity index (χ2n) is 3.74. The first kappa shape index (κ1) is 14.0. The minimum atomic E-state index is 0.509. The third-order valence-electron chi connectivity index (χ3n) is 2.58. The summed E-state index contributed by atoms with van der Waals surface area (Å²) in [5.41, 5.74) is 5.29. The molecule has 0 aliphatic rings. The Morgan fingerprint density at radius 2 is 2.22 bits per heavy atom. The molecule has 96 valence electrons. The zero-order valence-corrected chi connectivity index (χ0v) is 10.9. The monoisotopic (exact) mass is 245 g/mol. The van der Waals surface area contributed by atoms with E-state index < -0.39 is 0 Å². The van der Waals surface area contributed by atoms with Crippen molar-refractivity contribution < 1.29 is 4.74 Å². The van der Waals surface area contributed by atoms with Crippen LogP contribution in [0.5, 0.6) is 5.88 Å². The number of hydrazine groups is 1. The average Bonchev–Trinajstić information content (AvgIpc) is 2.39. The number of nitrogens with two attached hydrogens (primary N) is 1. The summed E-state index contributed by atoms with van der Waals surface area (Å²) in [6, 6.07) is 1.81. The van der Waals surface area contributed by atoms with Crippen LogP contribution < -0.4 is 16.0 Å². The van der Waals surface area contributed by atoms with E-state index in [0.29, 0.717) is 11.6 Å². The molecular formula is C14H19N3O. The van der Waals surface area contributed by atoms with Gasteiger partial charge in [0.25, 0.3) is 0 Å². The highest BCUT2D eigenvalue weighted by Crippen LogP contribution is 2.21. The summed E-state index contributed by atoms with van der Waals surface area (Å²) in [5, 5.41) is 0. The summed E-state index contributed by atoms with van der Waals surface area (Å²) in [4.78, 5) is 4.17. The SMILES string of the molecule is C=C/C(CC)=C(\C=C)Oc1cc(C)c(NN)cn1. The summed E-state index contributed by atoms with van der Waals surface area (Å²) in [7, 11) is 0. The van der Waals surface area contributed by atoms with E-state index >= 15 is 0 Å². The molecule has 0 saturated heterocycles. The molecule has 1 rings (SSSR count). The van der Waals surface area contributed by atoms with E-state index in [1.807, 2.05) is 19.9 Å². The van der Waals surface area contributed by atoms with Crippen LogP contribution in [0.4, 0.5) is 5.69 Å². The van der Waals surface area contributed by atoms with Crippen LogP contribution in [0.15, 0.2) is 48.9 Å². The van der Waals surface area contributed by atoms with Gasteiger partial charge in [0.05, 0.1) is 11.9 Å². The molecule has 0 fully saturated rings. The van der Waals surface area contributed by atoms with E-state index in [-0.39, 0.29) is 0 Å². The summed E-state index contributed by atoms with van der Waals surface area (Å²) in [6.07, 6.45) is 5.88. The zero-order valence-electron chi connectivity index (χ0n) is 10.9. The van der Waals surface area contributed by atoms with Crippen molar-refractivity contribution in [1.82, 2.24) is 4.98 Å². The van der Waals surface area contributed by atoms with Gasteiger partial charge in [0.1, 0.15) is 5.76 Å². The van der Waals surface area contributed by atoms with Crippen LogP contribution in [0.25, 0.3) is 0 Å². The van der Waals surface area contributed by atoms with Crippen molar-refractivity contribution in [3.8, 4) is 5.88 Å². The molecule has 4 nitrogen and oxygen atoms in total. The minimum Gasteiger partial charge on any atom is -0.439 e. The lowest BCUT2D eigenvalue weighted by Crippen LogP contribution is -2.09. The predicted molar refractivity (Wildman–Crippen MR) is 75.1 cm³/mol. The van der Waals surface area contributed by atoms with Gasteiger partial charge >= 0.3 is 0 Å². The Bertz CT molecular complexity index is 478. The summed E-state index contributed by atoms with van der Waals surface area (Å²) >= 11 is 0. The van der Waals surface area contributed by atoms with E-state index in [1.54, 1.807) is 18.3 Å². The number of nitrogen functional groups attached to an aromatic ring is 1. The van der Waals surface area contributed by atoms with Crippen LogP contribution in [0.1, 0.15) is 18.9 Å². The van der Waals surface area contributed by atoms with E-state index in [0.717, 1.165) is 23.2 Å². The number of hydrogen-bond acceptors (Lipinski definition) is 4. The molecule has 0 aliphatic carbocycles. The number of anilines is 1. The number of rotatable bonds is 6. The normalized spacial score (nSPS) is 11.5. The first-order valence-electron chi connectivity index (χ1n) is 5.75. The van der Waals surface area contributed by atoms with Gasteiger partial charge < -0.3 is 10.2 Å². The van der Waals surface area contributed by atoms with E-state index in [9.17, 15) is 0 Å². The third kappa shape index (κ3) is 3.21. The zero-order chi connectivity index (χ0) is 13.5. The molecular weight excluding hydrogens is 226 g/mol. The average molecular weight is 245 g/mol. The van der Waals surface area contributed by atoms with Crippen molar-refractivity contribution in [3.05, 3.63) is 54.5 Å². The molecule has 0 radical (unpaired) electrons. The summed E-state index contributed by atoms with van der Waals surface area (Å²) < 4.78 is 5.70. The molecule has 0 atom stereocenters. The Morgan fingerprint density at radius 1 is 1.50 bits per heavy atom. The van der Waals surface area contributed by atoms with Crippen LogP contribution in [-0.2, 0) is 0 Å². The van der Waals surface area contributed by atoms with Crippen molar-refractivity contribution in [2.24, 2.45) is 5.84 Å². The molecule has 0 aromatic carbocycles. The Kier molecular flexibility index (Phi) is 5.14. The smallest absolute Gasteiger partial charge is 0.219 e. The van der Waals surface area contributed by atoms with Crippen LogP contribution >= 0.6 is 0 Å². The fourth-order valence-corrected chi connectivity index (χ4v) is 1.51. The summed E-state index contributed by atoms with van der Waals surface area (Å²) in [5.74, 6) is 6.53. The molecule has 4 heteroatoms. The van der Waals surface area contributed by atoms with Crippen LogP contribution in [-0.4, -0.2) is 4.98 Å². The number of aromatic nitrogens is 1. The van der Waals surface area contributed by atoms with E-state index in [2.05, 4.69) is 23.6 Å². The molecule has 1 aromatic heterocycles. The van der Waals surface area contributed by atoms with Crippen molar-refractivity contribution in [2.75, 3.05) is 5.43 Å². The van der Waals surface area contributed by atoms with Gasteiger partial charge in [-0.3, -0.25) is 5.84 Å². The van der Waals surface area contributed by atoms with Gasteiger partial charge in [0.2, 0.25) is 5.88 Å². The van der Waals surface area contributed by atoms with Gasteiger partial charge in [-0.25, -0.2) is 4.98 Å². The quantitative estimate of drug-likeness (QED) is 0.350. The Balaban J connectivity index is 3.03. The molecule has 0 spiro atoms. The van der Waals surface area contributed by atoms with Gasteiger partial charge in [0.15, 0.2) is 0 Å². The number of allylic oxidation sites excluding steroid dienone is 3. The maximum atomic E-state index is 5.70. The minimum absolute atomic E-state index is 0.509. The Morgan fingerprint density at radius 3 is 2.67 bits per heavy atom. The van der Waals surface area contributed by atoms with Gasteiger partial charge in [-0.05, 0) is 30.6 Å². The predicted octanol–water partition coefficient (Wildman–Crippen LogP) is 3.09. The lowest BCUT2D eigenvalue weighted by molar-refractivity contribution is 0.421. The van der Waals surface area contributed by atoms with E-state index in [1.165, 1.54) is 0 Å². The lowest BCUT2D eigenvalue weighted by atomic mass is 10.1. The number of aryl methyl sites for hydroxylation is 1. The van der Waals surface area contributed by atoms with Crippen molar-refractivity contribution in [1.29, 1.82) is 0 Å². The lowest BCUT2D eigenvalue weighted by Gasteiger charge is -2.11. The number of nitrogens with one attached hydrogen (secondary N) is 1. The molecule has 0 bridgehead atoms. The molecule has 0 aliphatic heterocycles. The molecule has 0 amide bonds. The third-order valence-corrected chi connectivity index (χ3v) is 2.58. The topological polar surface area (TPSA) is 60.2 Å². The van der Waals surface area contributed by atoms with Gasteiger partial charge in [-0.15, -0.1) is 0 Å². The molecule has 18 heavy (non-hydrogen) atoms. The Hall–Kier alpha value is -2.07. The van der Waals surface area contributed by atoms with Crippen LogP contribution in [0.2, 0.25) is 0 Å². The second kappa shape index (κ2) is 6.61. The molecule has 0 unspecified atom stereocenters. The van der Waals surface area contributed by atoms with Crippen molar-refractivity contribution in [2.45, 2.75) is 20.3 Å². The first-order valence-corrected chi connectivity index (χ1v) is 5.75. The molecule has 1 heterocycles.